The van der Waals surface area contributed by atoms with Crippen LogP contribution in [0.4, 0.5) is 5.69 Å². The van der Waals surface area contributed by atoms with E-state index in [1.165, 1.54) is 0 Å². The summed E-state index contributed by atoms with van der Waals surface area (Å²) in [6.07, 6.45) is 1.38. The van der Waals surface area contributed by atoms with E-state index in [1.54, 1.807) is 6.07 Å². The zero-order valence-electron chi connectivity index (χ0n) is 8.45. The van der Waals surface area contributed by atoms with E-state index in [-0.39, 0.29) is 5.91 Å². The lowest BCUT2D eigenvalue weighted by molar-refractivity contribution is -0.116. The van der Waals surface area contributed by atoms with E-state index in [9.17, 15) is 4.79 Å². The van der Waals surface area contributed by atoms with Gasteiger partial charge in [-0.1, -0.05) is 12.1 Å². The Balaban J connectivity index is 2.17. The molecule has 5 heteroatoms. The van der Waals surface area contributed by atoms with E-state index in [1.807, 2.05) is 19.1 Å². The highest BCUT2D eigenvalue weighted by atomic mass is 16.1. The predicted molar refractivity (Wildman–Crippen MR) is 57.4 cm³/mol. The maximum Gasteiger partial charge on any atom is 0.224 e. The molecule has 0 radical (unpaired) electrons. The Hall–Kier alpha value is -1.91. The van der Waals surface area contributed by atoms with Crippen molar-refractivity contribution in [3.05, 3.63) is 18.2 Å². The molecule has 0 spiro atoms. The van der Waals surface area contributed by atoms with Crippen LogP contribution in [0.1, 0.15) is 19.8 Å². The molecule has 0 saturated carbocycles. The highest BCUT2D eigenvalue weighted by Crippen LogP contribution is 2.14. The third-order valence-electron chi connectivity index (χ3n) is 2.09. The standard InChI is InChI=1S/C10H12N4O/c1-2-3-10(15)11-7-4-5-8-9(6-7)13-14-12-8/h4-6H,2-3H2,1H3,(H,11,15)(H,12,13,14). The quantitative estimate of drug-likeness (QED) is 0.799. The van der Waals surface area contributed by atoms with Gasteiger partial charge in [-0.25, -0.2) is 0 Å². The van der Waals surface area contributed by atoms with Crippen LogP contribution in [0.2, 0.25) is 0 Å². The maximum absolute atomic E-state index is 11.3. The van der Waals surface area contributed by atoms with Gasteiger partial charge in [-0.2, -0.15) is 0 Å². The van der Waals surface area contributed by atoms with E-state index in [0.29, 0.717) is 6.42 Å². The summed E-state index contributed by atoms with van der Waals surface area (Å²) in [5, 5.41) is 13.1. The van der Waals surface area contributed by atoms with Crippen LogP contribution in [-0.2, 0) is 4.79 Å². The van der Waals surface area contributed by atoms with Crippen molar-refractivity contribution < 1.29 is 4.79 Å². The molecule has 0 unspecified atom stereocenters. The molecule has 5 nitrogen and oxygen atoms in total. The Morgan fingerprint density at radius 3 is 3.20 bits per heavy atom. The monoisotopic (exact) mass is 204 g/mol. The number of nitrogens with zero attached hydrogens (tertiary/aromatic N) is 2. The van der Waals surface area contributed by atoms with Crippen molar-refractivity contribution in [2.75, 3.05) is 5.32 Å². The van der Waals surface area contributed by atoms with Gasteiger partial charge in [-0.05, 0) is 24.6 Å². The molecule has 15 heavy (non-hydrogen) atoms. The van der Waals surface area contributed by atoms with E-state index < -0.39 is 0 Å². The SMILES string of the molecule is CCCC(=O)Nc1ccc2[nH]nnc2c1. The second-order valence-corrected chi connectivity index (χ2v) is 3.34. The molecule has 0 fully saturated rings. The smallest absolute Gasteiger partial charge is 0.224 e. The average Bonchev–Trinajstić information content (AvgIpc) is 2.65. The minimum absolute atomic E-state index is 0.0281. The van der Waals surface area contributed by atoms with Gasteiger partial charge in [-0.15, -0.1) is 5.10 Å². The topological polar surface area (TPSA) is 70.7 Å². The van der Waals surface area contributed by atoms with E-state index in [0.717, 1.165) is 23.1 Å². The van der Waals surface area contributed by atoms with Gasteiger partial charge in [-0.3, -0.25) is 9.89 Å². The number of carbonyl (C=O) groups excluding carboxylic acids is 1. The Labute approximate surface area is 86.9 Å². The molecule has 2 aromatic rings. The highest BCUT2D eigenvalue weighted by molar-refractivity contribution is 5.92. The van der Waals surface area contributed by atoms with Crippen molar-refractivity contribution >= 4 is 22.6 Å². The van der Waals surface area contributed by atoms with Gasteiger partial charge >= 0.3 is 0 Å². The predicted octanol–water partition coefficient (Wildman–Crippen LogP) is 1.70. The second-order valence-electron chi connectivity index (χ2n) is 3.34. The van der Waals surface area contributed by atoms with Crippen LogP contribution in [0.3, 0.4) is 0 Å². The molecule has 1 aromatic heterocycles. The van der Waals surface area contributed by atoms with Crippen LogP contribution >= 0.6 is 0 Å². The average molecular weight is 204 g/mol. The molecule has 0 atom stereocenters. The number of amides is 1. The summed E-state index contributed by atoms with van der Waals surface area (Å²) in [6, 6.07) is 5.47. The number of fused-ring (bicyclic) bond motifs is 1. The molecule has 0 aliphatic carbocycles. The molecule has 1 aromatic carbocycles. The number of aromatic nitrogens is 3. The summed E-state index contributed by atoms with van der Waals surface area (Å²) in [7, 11) is 0. The van der Waals surface area contributed by atoms with Gasteiger partial charge in [0.2, 0.25) is 5.91 Å². The molecule has 78 valence electrons. The van der Waals surface area contributed by atoms with Gasteiger partial charge < -0.3 is 5.32 Å². The molecule has 0 aliphatic rings. The number of H-pyrrole nitrogens is 1. The number of rotatable bonds is 3. The minimum Gasteiger partial charge on any atom is -0.326 e. The van der Waals surface area contributed by atoms with Crippen molar-refractivity contribution in [1.29, 1.82) is 0 Å². The summed E-state index contributed by atoms with van der Waals surface area (Å²) >= 11 is 0. The van der Waals surface area contributed by atoms with Crippen LogP contribution in [0.25, 0.3) is 11.0 Å². The lowest BCUT2D eigenvalue weighted by Gasteiger charge is -2.03. The summed E-state index contributed by atoms with van der Waals surface area (Å²) in [6.45, 7) is 1.97. The molecule has 1 heterocycles. The van der Waals surface area contributed by atoms with Crippen molar-refractivity contribution in [3.8, 4) is 0 Å². The first kappa shape index (κ1) is 9.64. The largest absolute Gasteiger partial charge is 0.326 e. The van der Waals surface area contributed by atoms with Gasteiger partial charge in [0.1, 0.15) is 5.52 Å². The number of nitrogens with one attached hydrogen (secondary N) is 2. The number of hydrogen-bond acceptors (Lipinski definition) is 3. The highest BCUT2D eigenvalue weighted by Gasteiger charge is 2.02. The van der Waals surface area contributed by atoms with E-state index in [2.05, 4.69) is 20.7 Å². The molecule has 0 bridgehead atoms. The van der Waals surface area contributed by atoms with Crippen LogP contribution in [-0.4, -0.2) is 21.3 Å². The summed E-state index contributed by atoms with van der Waals surface area (Å²) in [5.41, 5.74) is 2.38. The third-order valence-corrected chi connectivity index (χ3v) is 2.09. The fourth-order valence-corrected chi connectivity index (χ4v) is 1.37. The van der Waals surface area contributed by atoms with E-state index >= 15 is 0 Å². The zero-order valence-corrected chi connectivity index (χ0v) is 8.45. The summed E-state index contributed by atoms with van der Waals surface area (Å²) in [4.78, 5) is 11.3. The molecule has 0 saturated heterocycles. The first-order valence-electron chi connectivity index (χ1n) is 4.90. The molecular weight excluding hydrogens is 192 g/mol. The Kier molecular flexibility index (Phi) is 2.62. The Morgan fingerprint density at radius 2 is 2.40 bits per heavy atom. The van der Waals surface area contributed by atoms with Crippen LogP contribution < -0.4 is 5.32 Å². The first-order valence-corrected chi connectivity index (χ1v) is 4.90. The summed E-state index contributed by atoms with van der Waals surface area (Å²) in [5.74, 6) is 0.0281. The van der Waals surface area contributed by atoms with Crippen molar-refractivity contribution in [2.45, 2.75) is 19.8 Å². The number of benzene rings is 1. The van der Waals surface area contributed by atoms with Crippen LogP contribution in [0.5, 0.6) is 0 Å². The molecular formula is C10H12N4O. The van der Waals surface area contributed by atoms with Crippen molar-refractivity contribution in [3.63, 3.8) is 0 Å². The molecule has 2 N–H and O–H groups in total. The lowest BCUT2D eigenvalue weighted by Crippen LogP contribution is -2.10. The maximum atomic E-state index is 11.3. The van der Waals surface area contributed by atoms with Gasteiger partial charge in [0.15, 0.2) is 0 Å². The normalized spacial score (nSPS) is 10.5. The number of hydrogen-bond donors (Lipinski definition) is 2. The zero-order chi connectivity index (χ0) is 10.7. The van der Waals surface area contributed by atoms with E-state index in [4.69, 9.17) is 0 Å². The molecule has 0 aliphatic heterocycles. The molecule has 2 rings (SSSR count). The number of carbonyl (C=O) groups is 1. The van der Waals surface area contributed by atoms with Crippen LogP contribution in [0, 0.1) is 0 Å². The van der Waals surface area contributed by atoms with Crippen molar-refractivity contribution in [2.24, 2.45) is 0 Å². The number of aromatic amines is 1. The first-order chi connectivity index (χ1) is 7.29. The lowest BCUT2D eigenvalue weighted by atomic mass is 10.2. The van der Waals surface area contributed by atoms with Gasteiger partial charge in [0.05, 0.1) is 5.52 Å². The Morgan fingerprint density at radius 1 is 1.53 bits per heavy atom. The van der Waals surface area contributed by atoms with Gasteiger partial charge in [0, 0.05) is 12.1 Å². The summed E-state index contributed by atoms with van der Waals surface area (Å²) < 4.78 is 0. The van der Waals surface area contributed by atoms with Gasteiger partial charge in [0.25, 0.3) is 0 Å². The second kappa shape index (κ2) is 4.08. The minimum atomic E-state index is 0.0281. The van der Waals surface area contributed by atoms with Crippen molar-refractivity contribution in [1.82, 2.24) is 15.4 Å². The molecule has 1 amide bonds. The third kappa shape index (κ3) is 2.12. The number of anilines is 1. The Bertz CT molecular complexity index is 477. The fourth-order valence-electron chi connectivity index (χ4n) is 1.37. The van der Waals surface area contributed by atoms with Crippen LogP contribution in [0.15, 0.2) is 18.2 Å². The fraction of sp³-hybridized carbons (Fsp3) is 0.300.